The highest BCUT2D eigenvalue weighted by molar-refractivity contribution is 7.13. The lowest BCUT2D eigenvalue weighted by atomic mass is 10.1. The molecular weight excluding hydrogens is 410 g/mol. The third-order valence-electron chi connectivity index (χ3n) is 5.57. The number of anilines is 1. The molecule has 0 radical (unpaired) electrons. The first-order valence-electron chi connectivity index (χ1n) is 10.5. The van der Waals surface area contributed by atoms with Crippen LogP contribution in [0.3, 0.4) is 0 Å². The fraction of sp³-hybridized carbons (Fsp3) is 0.333. The summed E-state index contributed by atoms with van der Waals surface area (Å²) in [7, 11) is 1.62. The minimum Gasteiger partial charge on any atom is -0.507 e. The summed E-state index contributed by atoms with van der Waals surface area (Å²) < 4.78 is 5.05. The largest absolute Gasteiger partial charge is 0.507 e. The number of ether oxygens (including phenoxy) is 1. The molecule has 1 atom stereocenters. The third-order valence-corrected chi connectivity index (χ3v) is 6.64. The summed E-state index contributed by atoms with van der Waals surface area (Å²) in [5.74, 6) is 0.947. The van der Waals surface area contributed by atoms with Crippen molar-refractivity contribution in [3.05, 3.63) is 53.4 Å². The lowest BCUT2D eigenvalue weighted by Gasteiger charge is -2.26. The fourth-order valence-corrected chi connectivity index (χ4v) is 4.91. The van der Waals surface area contributed by atoms with Gasteiger partial charge in [0, 0.05) is 30.6 Å². The van der Waals surface area contributed by atoms with E-state index < -0.39 is 0 Å². The molecule has 0 unspecified atom stereocenters. The smallest absolute Gasteiger partial charge is 0.242 e. The molecule has 0 saturated carbocycles. The minimum absolute atomic E-state index is 0.00170. The Morgan fingerprint density at radius 1 is 1.32 bits per heavy atom. The van der Waals surface area contributed by atoms with E-state index in [4.69, 9.17) is 9.72 Å². The number of carbonyl (C=O) groups is 1. The lowest BCUT2D eigenvalue weighted by Crippen LogP contribution is -2.44. The zero-order chi connectivity index (χ0) is 21.8. The summed E-state index contributed by atoms with van der Waals surface area (Å²) in [6.45, 7) is 3.84. The quantitative estimate of drug-likeness (QED) is 0.541. The van der Waals surface area contributed by atoms with Gasteiger partial charge >= 0.3 is 0 Å². The zero-order valence-corrected chi connectivity index (χ0v) is 18.6. The molecule has 1 amide bonds. The molecule has 2 N–H and O–H groups in total. The number of phenolic OH excluding ortho intramolecular Hbond substituents is 1. The van der Waals surface area contributed by atoms with E-state index >= 15 is 0 Å². The molecule has 1 aromatic carbocycles. The molecule has 1 aliphatic rings. The van der Waals surface area contributed by atoms with Gasteiger partial charge in [0.05, 0.1) is 12.3 Å². The number of para-hydroxylation sites is 1. The molecular formula is C24H27N3O3S. The molecule has 0 aliphatic carbocycles. The molecule has 0 bridgehead atoms. The Bertz CT molecular complexity index is 1070. The molecule has 3 heterocycles. The molecule has 0 spiro atoms. The number of hydrogen-bond donors (Lipinski definition) is 2. The van der Waals surface area contributed by atoms with Crippen molar-refractivity contribution in [1.82, 2.24) is 10.3 Å². The second-order valence-corrected chi connectivity index (χ2v) is 8.60. The van der Waals surface area contributed by atoms with Crippen molar-refractivity contribution in [2.75, 3.05) is 31.7 Å². The van der Waals surface area contributed by atoms with E-state index in [1.165, 1.54) is 10.4 Å². The van der Waals surface area contributed by atoms with Gasteiger partial charge in [-0.25, -0.2) is 4.98 Å². The molecule has 2 aromatic heterocycles. The van der Waals surface area contributed by atoms with Crippen LogP contribution in [0.2, 0.25) is 0 Å². The average Bonchev–Trinajstić information content (AvgIpc) is 3.43. The zero-order valence-electron chi connectivity index (χ0n) is 17.8. The van der Waals surface area contributed by atoms with E-state index in [0.29, 0.717) is 24.4 Å². The van der Waals surface area contributed by atoms with Gasteiger partial charge in [0.25, 0.3) is 0 Å². The number of benzene rings is 1. The van der Waals surface area contributed by atoms with Crippen LogP contribution in [0, 0.1) is 6.92 Å². The van der Waals surface area contributed by atoms with Gasteiger partial charge in [0.1, 0.15) is 17.6 Å². The predicted octanol–water partition coefficient (Wildman–Crippen LogP) is 4.22. The van der Waals surface area contributed by atoms with Crippen molar-refractivity contribution >= 4 is 23.1 Å². The first kappa shape index (κ1) is 21.3. The normalized spacial score (nSPS) is 15.9. The second-order valence-electron chi connectivity index (χ2n) is 7.68. The van der Waals surface area contributed by atoms with E-state index in [2.05, 4.69) is 34.7 Å². The highest BCUT2D eigenvalue weighted by Gasteiger charge is 2.32. The van der Waals surface area contributed by atoms with Crippen molar-refractivity contribution in [3.63, 3.8) is 0 Å². The number of nitrogens with one attached hydrogen (secondary N) is 1. The number of rotatable bonds is 7. The summed E-state index contributed by atoms with van der Waals surface area (Å²) in [5.41, 5.74) is 3.62. The Kier molecular flexibility index (Phi) is 6.53. The van der Waals surface area contributed by atoms with Crippen LogP contribution in [0.25, 0.3) is 21.7 Å². The molecule has 31 heavy (non-hydrogen) atoms. The maximum absolute atomic E-state index is 12.8. The van der Waals surface area contributed by atoms with E-state index in [9.17, 15) is 9.90 Å². The maximum atomic E-state index is 12.8. The molecule has 162 valence electrons. The maximum Gasteiger partial charge on any atom is 0.242 e. The minimum atomic E-state index is -0.263. The van der Waals surface area contributed by atoms with Gasteiger partial charge in [-0.05, 0) is 66.6 Å². The topological polar surface area (TPSA) is 74.7 Å². The number of carbonyl (C=O) groups excluding carboxylic acids is 1. The monoisotopic (exact) mass is 437 g/mol. The van der Waals surface area contributed by atoms with Gasteiger partial charge in [-0.15, -0.1) is 11.3 Å². The number of phenols is 1. The number of aromatic nitrogens is 1. The van der Waals surface area contributed by atoms with Gasteiger partial charge in [0.2, 0.25) is 5.91 Å². The van der Waals surface area contributed by atoms with E-state index in [-0.39, 0.29) is 17.7 Å². The Morgan fingerprint density at radius 2 is 2.16 bits per heavy atom. The van der Waals surface area contributed by atoms with Gasteiger partial charge in [-0.2, -0.15) is 0 Å². The number of nitrogens with zero attached hydrogens (tertiary/aromatic N) is 2. The molecule has 1 aliphatic heterocycles. The van der Waals surface area contributed by atoms with Crippen molar-refractivity contribution in [3.8, 4) is 27.4 Å². The second kappa shape index (κ2) is 9.49. The summed E-state index contributed by atoms with van der Waals surface area (Å²) in [5, 5.41) is 15.5. The summed E-state index contributed by atoms with van der Waals surface area (Å²) in [6, 6.07) is 13.1. The Balaban J connectivity index is 1.74. The van der Waals surface area contributed by atoms with E-state index in [0.717, 1.165) is 30.8 Å². The first-order valence-corrected chi connectivity index (χ1v) is 11.3. The molecule has 7 heteroatoms. The predicted molar refractivity (Wildman–Crippen MR) is 125 cm³/mol. The number of hydrogen-bond acceptors (Lipinski definition) is 6. The first-order chi connectivity index (χ1) is 15.1. The number of pyridine rings is 1. The number of methoxy groups -OCH3 is 1. The van der Waals surface area contributed by atoms with Crippen LogP contribution in [0.1, 0.15) is 18.4 Å². The van der Waals surface area contributed by atoms with Crippen LogP contribution < -0.4 is 10.2 Å². The van der Waals surface area contributed by atoms with Gasteiger partial charge in [0.15, 0.2) is 0 Å². The van der Waals surface area contributed by atoms with Crippen molar-refractivity contribution in [1.29, 1.82) is 0 Å². The van der Waals surface area contributed by atoms with Crippen molar-refractivity contribution in [2.45, 2.75) is 25.8 Å². The highest BCUT2D eigenvalue weighted by atomic mass is 32.1. The standard InChI is InChI=1S/C24H27N3O3S/c1-16-9-13-31-23(16)17-14-19(18-6-3-4-8-21(18)28)26-22(15-17)27-11-5-7-20(27)24(29)25-10-12-30-2/h3-4,6,8-9,13-15,20,28H,5,7,10-12H2,1-2H3,(H,25,29)/t20-/m0/s1. The van der Waals surface area contributed by atoms with E-state index in [1.807, 2.05) is 18.2 Å². The van der Waals surface area contributed by atoms with Crippen LogP contribution in [0.15, 0.2) is 47.8 Å². The molecule has 6 nitrogen and oxygen atoms in total. The molecule has 1 fully saturated rings. The van der Waals surface area contributed by atoms with Crippen LogP contribution in [-0.2, 0) is 9.53 Å². The summed E-state index contributed by atoms with van der Waals surface area (Å²) >= 11 is 1.68. The average molecular weight is 438 g/mol. The third kappa shape index (κ3) is 4.57. The highest BCUT2D eigenvalue weighted by Crippen LogP contribution is 2.37. The number of thiophene rings is 1. The van der Waals surface area contributed by atoms with Crippen LogP contribution in [0.4, 0.5) is 5.82 Å². The van der Waals surface area contributed by atoms with Crippen LogP contribution >= 0.6 is 11.3 Å². The van der Waals surface area contributed by atoms with Crippen LogP contribution in [-0.4, -0.2) is 48.8 Å². The fourth-order valence-electron chi connectivity index (χ4n) is 4.00. The Hall–Kier alpha value is -2.90. The SMILES string of the molecule is COCCNC(=O)[C@@H]1CCCN1c1cc(-c2sccc2C)cc(-c2ccccc2O)n1. The van der Waals surface area contributed by atoms with Gasteiger partial charge < -0.3 is 20.1 Å². The van der Waals surface area contributed by atoms with Crippen molar-refractivity contribution in [2.24, 2.45) is 0 Å². The summed E-state index contributed by atoms with van der Waals surface area (Å²) in [6.07, 6.45) is 1.72. The van der Waals surface area contributed by atoms with E-state index in [1.54, 1.807) is 30.6 Å². The molecule has 3 aromatic rings. The van der Waals surface area contributed by atoms with Crippen LogP contribution in [0.5, 0.6) is 5.75 Å². The lowest BCUT2D eigenvalue weighted by molar-refractivity contribution is -0.122. The number of aromatic hydroxyl groups is 1. The number of amides is 1. The van der Waals surface area contributed by atoms with Gasteiger partial charge in [-0.3, -0.25) is 4.79 Å². The number of aryl methyl sites for hydroxylation is 1. The Labute approximate surface area is 186 Å². The molecule has 4 rings (SSSR count). The van der Waals surface area contributed by atoms with Gasteiger partial charge in [-0.1, -0.05) is 12.1 Å². The summed E-state index contributed by atoms with van der Waals surface area (Å²) in [4.78, 5) is 20.9. The Morgan fingerprint density at radius 3 is 2.90 bits per heavy atom. The van der Waals surface area contributed by atoms with Crippen molar-refractivity contribution < 1.29 is 14.6 Å². The molecule has 1 saturated heterocycles.